The third-order valence-electron chi connectivity index (χ3n) is 4.44. The molecule has 0 spiro atoms. The summed E-state index contributed by atoms with van der Waals surface area (Å²) in [6.07, 6.45) is 5.55. The van der Waals surface area contributed by atoms with Gasteiger partial charge in [0.15, 0.2) is 0 Å². The predicted octanol–water partition coefficient (Wildman–Crippen LogP) is -0.0855. The first-order valence-corrected chi connectivity index (χ1v) is 7.81. The van der Waals surface area contributed by atoms with Gasteiger partial charge in [0.25, 0.3) is 0 Å². The van der Waals surface area contributed by atoms with Gasteiger partial charge in [-0.05, 0) is 6.42 Å². The molecule has 2 aliphatic heterocycles. The Hall–Kier alpha value is -1.44. The van der Waals surface area contributed by atoms with Gasteiger partial charge >= 0.3 is 0 Å². The number of fused-ring (bicyclic) bond motifs is 1. The zero-order chi connectivity index (χ0) is 15.5. The van der Waals surface area contributed by atoms with Crippen LogP contribution >= 0.6 is 0 Å². The maximum absolute atomic E-state index is 12.1. The maximum Gasteiger partial charge on any atom is 0.249 e. The minimum Gasteiger partial charge on any atom is -0.383 e. The molecule has 3 rings (SSSR count). The van der Waals surface area contributed by atoms with Crippen molar-refractivity contribution in [3.05, 3.63) is 18.0 Å². The predicted molar refractivity (Wildman–Crippen MR) is 80.2 cm³/mol. The van der Waals surface area contributed by atoms with E-state index in [0.717, 1.165) is 25.9 Å². The van der Waals surface area contributed by atoms with Gasteiger partial charge in [0.1, 0.15) is 6.10 Å². The Kier molecular flexibility index (Phi) is 4.75. The highest BCUT2D eigenvalue weighted by molar-refractivity contribution is 5.81. The Balaban J connectivity index is 1.53. The van der Waals surface area contributed by atoms with E-state index in [-0.39, 0.29) is 18.1 Å². The third-order valence-corrected chi connectivity index (χ3v) is 4.44. The van der Waals surface area contributed by atoms with E-state index < -0.39 is 0 Å². The lowest BCUT2D eigenvalue weighted by Gasteiger charge is -2.21. The van der Waals surface area contributed by atoms with Gasteiger partial charge in [-0.25, -0.2) is 0 Å². The molecule has 0 radical (unpaired) electrons. The summed E-state index contributed by atoms with van der Waals surface area (Å²) < 4.78 is 12.7. The maximum atomic E-state index is 12.1. The summed E-state index contributed by atoms with van der Waals surface area (Å²) in [5, 5.41) is 7.07. The molecule has 7 nitrogen and oxygen atoms in total. The first-order valence-electron chi connectivity index (χ1n) is 7.81. The number of carbonyl (C=O) groups excluding carboxylic acids is 1. The van der Waals surface area contributed by atoms with Crippen LogP contribution in [0.25, 0.3) is 0 Å². The number of rotatable bonds is 6. The molecule has 1 N–H and O–H groups in total. The van der Waals surface area contributed by atoms with Crippen LogP contribution in [0.5, 0.6) is 0 Å². The average molecular weight is 308 g/mol. The summed E-state index contributed by atoms with van der Waals surface area (Å²) in [4.78, 5) is 14.5. The number of aryl methyl sites for hydroxylation is 1. The second kappa shape index (κ2) is 6.76. The van der Waals surface area contributed by atoms with Crippen molar-refractivity contribution in [2.75, 3.05) is 26.8 Å². The molecule has 0 saturated carbocycles. The molecular weight excluding hydrogens is 284 g/mol. The fraction of sp³-hybridized carbons (Fsp3) is 0.733. The quantitative estimate of drug-likeness (QED) is 0.744. The Morgan fingerprint density at radius 2 is 2.45 bits per heavy atom. The van der Waals surface area contributed by atoms with E-state index in [1.54, 1.807) is 7.11 Å². The molecule has 1 aromatic heterocycles. The third kappa shape index (κ3) is 3.31. The molecule has 2 aliphatic rings. The van der Waals surface area contributed by atoms with E-state index in [4.69, 9.17) is 9.47 Å². The van der Waals surface area contributed by atoms with Crippen molar-refractivity contribution in [2.24, 2.45) is 7.05 Å². The van der Waals surface area contributed by atoms with Gasteiger partial charge in [0.2, 0.25) is 5.91 Å². The summed E-state index contributed by atoms with van der Waals surface area (Å²) in [6, 6.07) is 0.332. The van der Waals surface area contributed by atoms with Crippen molar-refractivity contribution in [2.45, 2.75) is 37.6 Å². The minimum atomic E-state index is -0.330. The molecule has 1 amide bonds. The number of nitrogens with one attached hydrogen (secondary N) is 1. The Morgan fingerprint density at radius 1 is 1.59 bits per heavy atom. The summed E-state index contributed by atoms with van der Waals surface area (Å²) >= 11 is 0. The van der Waals surface area contributed by atoms with Gasteiger partial charge in [-0.15, -0.1) is 0 Å². The van der Waals surface area contributed by atoms with E-state index in [0.29, 0.717) is 19.2 Å². The molecule has 122 valence electrons. The molecule has 0 unspecified atom stereocenters. The molecule has 2 fully saturated rings. The van der Waals surface area contributed by atoms with Crippen LogP contribution in [-0.4, -0.2) is 65.6 Å². The number of nitrogens with zero attached hydrogens (tertiary/aromatic N) is 3. The van der Waals surface area contributed by atoms with E-state index in [2.05, 4.69) is 15.3 Å². The zero-order valence-electron chi connectivity index (χ0n) is 13.2. The number of hydrogen-bond acceptors (Lipinski definition) is 5. The SMILES string of the molecule is COCCNC(=O)[C@@H]1C[C@H]2[C@H](CCN2Cc2cnn(C)c2)O1. The van der Waals surface area contributed by atoms with E-state index >= 15 is 0 Å². The summed E-state index contributed by atoms with van der Waals surface area (Å²) in [7, 11) is 3.55. The van der Waals surface area contributed by atoms with Crippen LogP contribution in [0, 0.1) is 0 Å². The lowest BCUT2D eigenvalue weighted by Crippen LogP contribution is -2.37. The number of methoxy groups -OCH3 is 1. The van der Waals surface area contributed by atoms with Crippen LogP contribution in [0.3, 0.4) is 0 Å². The van der Waals surface area contributed by atoms with Crippen LogP contribution in [0.2, 0.25) is 0 Å². The monoisotopic (exact) mass is 308 g/mol. The van der Waals surface area contributed by atoms with Crippen molar-refractivity contribution in [3.63, 3.8) is 0 Å². The van der Waals surface area contributed by atoms with Crippen molar-refractivity contribution in [1.82, 2.24) is 20.0 Å². The molecule has 0 bridgehead atoms. The number of carbonyl (C=O) groups is 1. The largest absolute Gasteiger partial charge is 0.383 e. The molecule has 0 aliphatic carbocycles. The van der Waals surface area contributed by atoms with Crippen LogP contribution < -0.4 is 5.32 Å². The van der Waals surface area contributed by atoms with Gasteiger partial charge in [0, 0.05) is 58.0 Å². The van der Waals surface area contributed by atoms with Crippen LogP contribution in [0.4, 0.5) is 0 Å². The Morgan fingerprint density at radius 3 is 3.18 bits per heavy atom. The van der Waals surface area contributed by atoms with Gasteiger partial charge in [0.05, 0.1) is 18.9 Å². The van der Waals surface area contributed by atoms with Crippen molar-refractivity contribution in [1.29, 1.82) is 0 Å². The van der Waals surface area contributed by atoms with Crippen molar-refractivity contribution in [3.8, 4) is 0 Å². The summed E-state index contributed by atoms with van der Waals surface area (Å²) in [6.45, 7) is 2.95. The second-order valence-electron chi connectivity index (χ2n) is 6.03. The molecule has 22 heavy (non-hydrogen) atoms. The van der Waals surface area contributed by atoms with Crippen LogP contribution in [0.15, 0.2) is 12.4 Å². The van der Waals surface area contributed by atoms with Crippen LogP contribution in [-0.2, 0) is 27.9 Å². The zero-order valence-corrected chi connectivity index (χ0v) is 13.2. The summed E-state index contributed by atoms with van der Waals surface area (Å²) in [5.41, 5.74) is 1.20. The standard InChI is InChI=1S/C15H24N4O3/c1-18-9-11(8-17-18)10-19-5-3-13-12(19)7-14(22-13)15(20)16-4-6-21-2/h8-9,12-14H,3-7,10H2,1-2H3,(H,16,20)/t12-,13-,14-/m0/s1. The Bertz CT molecular complexity index is 519. The fourth-order valence-electron chi connectivity index (χ4n) is 3.38. The minimum absolute atomic E-state index is 0.0206. The number of aromatic nitrogens is 2. The van der Waals surface area contributed by atoms with Crippen LogP contribution in [0.1, 0.15) is 18.4 Å². The number of likely N-dealkylation sites (tertiary alicyclic amines) is 1. The number of ether oxygens (including phenoxy) is 2. The highest BCUT2D eigenvalue weighted by Gasteiger charge is 2.45. The lowest BCUT2D eigenvalue weighted by molar-refractivity contribution is -0.132. The van der Waals surface area contributed by atoms with E-state index in [9.17, 15) is 4.79 Å². The Labute approximate surface area is 130 Å². The summed E-state index contributed by atoms with van der Waals surface area (Å²) in [5.74, 6) is -0.0206. The highest BCUT2D eigenvalue weighted by Crippen LogP contribution is 2.33. The van der Waals surface area contributed by atoms with Gasteiger partial charge in [-0.3, -0.25) is 14.4 Å². The molecule has 3 heterocycles. The van der Waals surface area contributed by atoms with Crippen molar-refractivity contribution >= 4 is 5.91 Å². The van der Waals surface area contributed by atoms with Gasteiger partial charge in [-0.1, -0.05) is 0 Å². The number of amides is 1. The van der Waals surface area contributed by atoms with E-state index in [1.807, 2.05) is 24.1 Å². The molecular formula is C15H24N4O3. The lowest BCUT2D eigenvalue weighted by atomic mass is 10.1. The molecule has 1 aromatic rings. The normalized spacial score (nSPS) is 28.0. The highest BCUT2D eigenvalue weighted by atomic mass is 16.5. The smallest absolute Gasteiger partial charge is 0.249 e. The van der Waals surface area contributed by atoms with Gasteiger partial charge < -0.3 is 14.8 Å². The van der Waals surface area contributed by atoms with Gasteiger partial charge in [-0.2, -0.15) is 5.10 Å². The second-order valence-corrected chi connectivity index (χ2v) is 6.03. The average Bonchev–Trinajstić information content (AvgIpc) is 3.17. The molecule has 3 atom stereocenters. The molecule has 7 heteroatoms. The first kappa shape index (κ1) is 15.5. The molecule has 0 aromatic carbocycles. The number of hydrogen-bond donors (Lipinski definition) is 1. The van der Waals surface area contributed by atoms with Crippen molar-refractivity contribution < 1.29 is 14.3 Å². The topological polar surface area (TPSA) is 68.6 Å². The fourth-order valence-corrected chi connectivity index (χ4v) is 3.38. The molecule has 2 saturated heterocycles. The van der Waals surface area contributed by atoms with E-state index in [1.165, 1.54) is 5.56 Å². The first-order chi connectivity index (χ1) is 10.7.